The van der Waals surface area contributed by atoms with Crippen molar-refractivity contribution < 1.29 is 0 Å². The van der Waals surface area contributed by atoms with Gasteiger partial charge in [0.25, 0.3) is 0 Å². The molecular weight excluding hydrogens is 108 g/mol. The molecule has 0 aromatic heterocycles. The first-order valence-corrected chi connectivity index (χ1v) is 3.24. The molecule has 50 valence electrons. The van der Waals surface area contributed by atoms with Gasteiger partial charge >= 0.3 is 0 Å². The Balaban J connectivity index is 0.000000291. The Bertz CT molecular complexity index is 109. The summed E-state index contributed by atoms with van der Waals surface area (Å²) in [5.74, 6) is 0. The van der Waals surface area contributed by atoms with Gasteiger partial charge in [-0.3, -0.25) is 0 Å². The molecule has 0 saturated heterocycles. The molecule has 0 heterocycles. The standard InChI is InChI=1S/C7H10.C2H4/c1-7-5-3-2-4-6-7;1-2/h3,5H,1-2,4,6H2;1-2H2. The van der Waals surface area contributed by atoms with Gasteiger partial charge in [0.1, 0.15) is 0 Å². The van der Waals surface area contributed by atoms with Gasteiger partial charge in [0.05, 0.1) is 0 Å². The Hall–Kier alpha value is -0.780. The maximum Gasteiger partial charge on any atom is -0.0282 e. The molecule has 0 N–H and O–H groups in total. The molecule has 0 fully saturated rings. The first kappa shape index (κ1) is 8.22. The molecule has 0 bridgehead atoms. The van der Waals surface area contributed by atoms with Gasteiger partial charge < -0.3 is 0 Å². The van der Waals surface area contributed by atoms with E-state index in [1.54, 1.807) is 0 Å². The quantitative estimate of drug-likeness (QED) is 0.433. The molecule has 0 radical (unpaired) electrons. The van der Waals surface area contributed by atoms with Gasteiger partial charge in [-0.25, -0.2) is 0 Å². The van der Waals surface area contributed by atoms with Gasteiger partial charge in [-0.2, -0.15) is 0 Å². The molecule has 0 atom stereocenters. The van der Waals surface area contributed by atoms with Crippen LogP contribution in [-0.2, 0) is 0 Å². The van der Waals surface area contributed by atoms with Crippen LogP contribution < -0.4 is 0 Å². The van der Waals surface area contributed by atoms with Crippen molar-refractivity contribution in [3.63, 3.8) is 0 Å². The normalized spacial score (nSPS) is 16.2. The summed E-state index contributed by atoms with van der Waals surface area (Å²) in [6.45, 7) is 9.83. The Morgan fingerprint density at radius 3 is 2.22 bits per heavy atom. The molecule has 0 amide bonds. The molecule has 1 aliphatic carbocycles. The lowest BCUT2D eigenvalue weighted by molar-refractivity contribution is 0.823. The van der Waals surface area contributed by atoms with Crippen LogP contribution in [0.15, 0.2) is 37.5 Å². The van der Waals surface area contributed by atoms with Crippen molar-refractivity contribution in [3.8, 4) is 0 Å². The lowest BCUT2D eigenvalue weighted by Gasteiger charge is -2.02. The Morgan fingerprint density at radius 2 is 2.00 bits per heavy atom. The molecule has 0 aliphatic heterocycles. The highest BCUT2D eigenvalue weighted by Crippen LogP contribution is 2.12. The largest absolute Gasteiger partial charge is 0.106 e. The molecule has 0 nitrogen and oxygen atoms in total. The minimum absolute atomic E-state index is 1.20. The van der Waals surface area contributed by atoms with E-state index in [1.165, 1.54) is 24.8 Å². The van der Waals surface area contributed by atoms with Crippen molar-refractivity contribution in [3.05, 3.63) is 37.5 Å². The first-order valence-electron chi connectivity index (χ1n) is 3.24. The van der Waals surface area contributed by atoms with Crippen LogP contribution in [0.3, 0.4) is 0 Å². The van der Waals surface area contributed by atoms with E-state index in [9.17, 15) is 0 Å². The van der Waals surface area contributed by atoms with Crippen LogP contribution in [0.2, 0.25) is 0 Å². The van der Waals surface area contributed by atoms with Crippen LogP contribution in [0, 0.1) is 0 Å². The molecule has 0 saturated carbocycles. The topological polar surface area (TPSA) is 0 Å². The fourth-order valence-corrected chi connectivity index (χ4v) is 0.780. The summed E-state index contributed by atoms with van der Waals surface area (Å²) in [5, 5.41) is 0. The zero-order valence-corrected chi connectivity index (χ0v) is 5.90. The predicted molar refractivity (Wildman–Crippen MR) is 43.4 cm³/mol. The van der Waals surface area contributed by atoms with Crippen LogP contribution in [0.5, 0.6) is 0 Å². The zero-order chi connectivity index (χ0) is 7.11. The number of rotatable bonds is 0. The molecule has 0 aromatic rings. The van der Waals surface area contributed by atoms with E-state index in [2.05, 4.69) is 31.9 Å². The van der Waals surface area contributed by atoms with Crippen molar-refractivity contribution in [2.24, 2.45) is 0 Å². The lowest BCUT2D eigenvalue weighted by atomic mass is 10.0. The van der Waals surface area contributed by atoms with E-state index in [0.29, 0.717) is 0 Å². The predicted octanol–water partition coefficient (Wildman–Crippen LogP) is 3.08. The highest BCUT2D eigenvalue weighted by molar-refractivity contribution is 5.16. The van der Waals surface area contributed by atoms with Crippen LogP contribution in [0.4, 0.5) is 0 Å². The van der Waals surface area contributed by atoms with Gasteiger partial charge in [-0.1, -0.05) is 24.3 Å². The maximum absolute atomic E-state index is 3.83. The summed E-state index contributed by atoms with van der Waals surface area (Å²) in [7, 11) is 0. The van der Waals surface area contributed by atoms with E-state index in [0.717, 1.165) is 0 Å². The average Bonchev–Trinajstić information content (AvgIpc) is 1.94. The van der Waals surface area contributed by atoms with E-state index >= 15 is 0 Å². The second-order valence-corrected chi connectivity index (χ2v) is 1.95. The van der Waals surface area contributed by atoms with Crippen molar-refractivity contribution >= 4 is 0 Å². The van der Waals surface area contributed by atoms with E-state index in [-0.39, 0.29) is 0 Å². The number of hydrogen-bond donors (Lipinski definition) is 0. The lowest BCUT2D eigenvalue weighted by Crippen LogP contribution is -1.82. The van der Waals surface area contributed by atoms with E-state index in [1.807, 2.05) is 0 Å². The van der Waals surface area contributed by atoms with E-state index < -0.39 is 0 Å². The minimum Gasteiger partial charge on any atom is -0.106 e. The third kappa shape index (κ3) is 3.77. The van der Waals surface area contributed by atoms with Gasteiger partial charge in [-0.05, 0) is 19.3 Å². The Morgan fingerprint density at radius 1 is 1.33 bits per heavy atom. The molecule has 0 unspecified atom stereocenters. The van der Waals surface area contributed by atoms with Crippen LogP contribution >= 0.6 is 0 Å². The third-order valence-corrected chi connectivity index (χ3v) is 1.22. The highest BCUT2D eigenvalue weighted by Gasteiger charge is 1.92. The number of hydrogen-bond acceptors (Lipinski definition) is 0. The van der Waals surface area contributed by atoms with Crippen LogP contribution in [-0.4, -0.2) is 0 Å². The first-order chi connectivity index (χ1) is 4.39. The van der Waals surface area contributed by atoms with Gasteiger partial charge in [0.15, 0.2) is 0 Å². The molecule has 0 spiro atoms. The fourth-order valence-electron chi connectivity index (χ4n) is 0.780. The van der Waals surface area contributed by atoms with Crippen molar-refractivity contribution in [1.82, 2.24) is 0 Å². The van der Waals surface area contributed by atoms with Crippen LogP contribution in [0.1, 0.15) is 19.3 Å². The van der Waals surface area contributed by atoms with Crippen molar-refractivity contribution in [2.45, 2.75) is 19.3 Å². The molecular formula is C9H14. The molecule has 1 aliphatic rings. The third-order valence-electron chi connectivity index (χ3n) is 1.22. The van der Waals surface area contributed by atoms with E-state index in [4.69, 9.17) is 0 Å². The Kier molecular flexibility index (Phi) is 4.89. The van der Waals surface area contributed by atoms with Crippen molar-refractivity contribution in [1.29, 1.82) is 0 Å². The van der Waals surface area contributed by atoms with Gasteiger partial charge in [-0.15, -0.1) is 13.2 Å². The number of allylic oxidation sites excluding steroid dienone is 3. The Labute approximate surface area is 57.6 Å². The second-order valence-electron chi connectivity index (χ2n) is 1.95. The molecule has 1 rings (SSSR count). The zero-order valence-electron chi connectivity index (χ0n) is 5.90. The molecule has 0 aromatic carbocycles. The van der Waals surface area contributed by atoms with Crippen molar-refractivity contribution in [2.75, 3.05) is 0 Å². The second kappa shape index (κ2) is 5.36. The summed E-state index contributed by atoms with van der Waals surface area (Å²) in [6.07, 6.45) is 8.06. The molecule has 9 heavy (non-hydrogen) atoms. The van der Waals surface area contributed by atoms with Crippen LogP contribution in [0.25, 0.3) is 0 Å². The smallest absolute Gasteiger partial charge is 0.0282 e. The maximum atomic E-state index is 3.83. The summed E-state index contributed by atoms with van der Waals surface area (Å²) >= 11 is 0. The highest BCUT2D eigenvalue weighted by atomic mass is 14.0. The average molecular weight is 122 g/mol. The molecule has 0 heteroatoms. The van der Waals surface area contributed by atoms with Gasteiger partial charge in [0, 0.05) is 0 Å². The monoisotopic (exact) mass is 122 g/mol. The summed E-state index contributed by atoms with van der Waals surface area (Å²) in [5.41, 5.74) is 1.28. The minimum atomic E-state index is 1.20. The SMILES string of the molecule is C=C.C=C1C=CCCC1. The fraction of sp³-hybridized carbons (Fsp3) is 0.333. The summed E-state index contributed by atoms with van der Waals surface area (Å²) in [6, 6.07) is 0. The summed E-state index contributed by atoms with van der Waals surface area (Å²) in [4.78, 5) is 0. The summed E-state index contributed by atoms with van der Waals surface area (Å²) < 4.78 is 0. The van der Waals surface area contributed by atoms with Gasteiger partial charge in [0.2, 0.25) is 0 Å².